The molecule has 0 aliphatic carbocycles. The van der Waals surface area contributed by atoms with Crippen molar-refractivity contribution in [2.24, 2.45) is 5.73 Å². The van der Waals surface area contributed by atoms with Crippen molar-refractivity contribution in [1.29, 1.82) is 0 Å². The van der Waals surface area contributed by atoms with Gasteiger partial charge in [-0.05, 0) is 17.2 Å². The third kappa shape index (κ3) is 2.47. The molecule has 2 atom stereocenters. The number of aromatic amines is 1. The van der Waals surface area contributed by atoms with Crippen LogP contribution in [0.3, 0.4) is 0 Å². The van der Waals surface area contributed by atoms with E-state index in [1.54, 1.807) is 4.90 Å². The zero-order valence-electron chi connectivity index (χ0n) is 14.6. The first kappa shape index (κ1) is 16.4. The normalized spacial score (nSPS) is 19.3. The van der Waals surface area contributed by atoms with E-state index in [0.717, 1.165) is 27.7 Å². The van der Waals surface area contributed by atoms with Crippen LogP contribution in [0.25, 0.3) is 10.9 Å². The molecule has 2 amide bonds. The Morgan fingerprint density at radius 2 is 1.81 bits per heavy atom. The van der Waals surface area contributed by atoms with Crippen LogP contribution >= 0.6 is 0 Å². The molecule has 4 rings (SSSR count). The fourth-order valence-corrected chi connectivity index (χ4v) is 3.99. The summed E-state index contributed by atoms with van der Waals surface area (Å²) in [5.74, 6) is -0.546. The number of nitrogens with one attached hydrogen (secondary N) is 1. The van der Waals surface area contributed by atoms with Crippen LogP contribution in [-0.2, 0) is 16.0 Å². The van der Waals surface area contributed by atoms with E-state index in [4.69, 9.17) is 5.73 Å². The van der Waals surface area contributed by atoms with Crippen LogP contribution in [0.1, 0.15) is 36.2 Å². The molecule has 0 saturated heterocycles. The second kappa shape index (κ2) is 6.33. The van der Waals surface area contributed by atoms with Crippen LogP contribution in [0.5, 0.6) is 0 Å². The maximum Gasteiger partial charge on any atom is 0.240 e. The number of hydrogen-bond acceptors (Lipinski definition) is 2. The van der Waals surface area contributed by atoms with Crippen molar-refractivity contribution >= 4 is 22.7 Å². The van der Waals surface area contributed by atoms with Crippen LogP contribution in [0.15, 0.2) is 54.6 Å². The van der Waals surface area contributed by atoms with Crippen LogP contribution in [0.4, 0.5) is 0 Å². The Bertz CT molecular complexity index is 977. The van der Waals surface area contributed by atoms with Crippen molar-refractivity contribution in [3.05, 3.63) is 71.4 Å². The van der Waals surface area contributed by atoms with Crippen molar-refractivity contribution in [3.63, 3.8) is 0 Å². The predicted octanol–water partition coefficient (Wildman–Crippen LogP) is 2.91. The van der Waals surface area contributed by atoms with E-state index >= 15 is 0 Å². The smallest absolute Gasteiger partial charge is 0.240 e. The summed E-state index contributed by atoms with van der Waals surface area (Å²) < 4.78 is 0. The highest BCUT2D eigenvalue weighted by atomic mass is 16.2. The van der Waals surface area contributed by atoms with Gasteiger partial charge in [0.15, 0.2) is 0 Å². The molecule has 5 nitrogen and oxygen atoms in total. The van der Waals surface area contributed by atoms with Gasteiger partial charge in [-0.1, -0.05) is 55.5 Å². The van der Waals surface area contributed by atoms with Crippen molar-refractivity contribution in [2.45, 2.75) is 31.8 Å². The SMILES string of the molecule is CCC(=O)N1C(c2ccccc2)c2[nH]c3ccccc3c2C[C@H]1C(N)=O. The molecular weight excluding hydrogens is 326 g/mol. The highest BCUT2D eigenvalue weighted by Gasteiger charge is 2.42. The minimum atomic E-state index is -0.653. The number of rotatable bonds is 3. The number of nitrogens with zero attached hydrogens (tertiary/aromatic N) is 1. The lowest BCUT2D eigenvalue weighted by molar-refractivity contribution is -0.141. The largest absolute Gasteiger partial charge is 0.368 e. The Balaban J connectivity index is 1.99. The number of amides is 2. The molecule has 26 heavy (non-hydrogen) atoms. The van der Waals surface area contributed by atoms with Gasteiger partial charge in [0, 0.05) is 29.4 Å². The molecule has 1 aromatic heterocycles. The van der Waals surface area contributed by atoms with Gasteiger partial charge < -0.3 is 15.6 Å². The number of hydrogen-bond donors (Lipinski definition) is 2. The average molecular weight is 347 g/mol. The molecule has 5 heteroatoms. The molecule has 2 heterocycles. The van der Waals surface area contributed by atoms with Gasteiger partial charge in [0.05, 0.1) is 6.04 Å². The minimum absolute atomic E-state index is 0.0769. The van der Waals surface area contributed by atoms with Crippen LogP contribution in [-0.4, -0.2) is 27.7 Å². The Kier molecular flexibility index (Phi) is 3.99. The number of fused-ring (bicyclic) bond motifs is 3. The number of H-pyrrole nitrogens is 1. The highest BCUT2D eigenvalue weighted by molar-refractivity contribution is 5.91. The summed E-state index contributed by atoms with van der Waals surface area (Å²) in [5, 5.41) is 1.08. The van der Waals surface area contributed by atoms with Crippen LogP contribution in [0, 0.1) is 0 Å². The second-order valence-electron chi connectivity index (χ2n) is 6.65. The molecule has 0 bridgehead atoms. The summed E-state index contributed by atoms with van der Waals surface area (Å²) in [5.41, 5.74) is 9.73. The topological polar surface area (TPSA) is 79.2 Å². The van der Waals surface area contributed by atoms with Gasteiger partial charge in [-0.25, -0.2) is 0 Å². The van der Waals surface area contributed by atoms with Gasteiger partial charge in [-0.15, -0.1) is 0 Å². The van der Waals surface area contributed by atoms with E-state index in [-0.39, 0.29) is 11.9 Å². The third-order valence-electron chi connectivity index (χ3n) is 5.17. The molecule has 0 saturated carbocycles. The first-order valence-corrected chi connectivity index (χ1v) is 8.86. The summed E-state index contributed by atoms with van der Waals surface area (Å²) in [7, 11) is 0. The molecule has 132 valence electrons. The standard InChI is InChI=1S/C21H21N3O2/c1-2-18(25)24-17(21(22)26)12-15-14-10-6-7-11-16(14)23-19(15)20(24)13-8-4-3-5-9-13/h3-11,17,20,23H,2,12H2,1H3,(H2,22,26)/t17-,20?/m0/s1. The monoisotopic (exact) mass is 347 g/mol. The van der Waals surface area contributed by atoms with Gasteiger partial charge in [0.1, 0.15) is 6.04 Å². The van der Waals surface area contributed by atoms with Gasteiger partial charge in [0.25, 0.3) is 0 Å². The van der Waals surface area contributed by atoms with Gasteiger partial charge >= 0.3 is 0 Å². The predicted molar refractivity (Wildman–Crippen MR) is 100 cm³/mol. The van der Waals surface area contributed by atoms with Crippen molar-refractivity contribution in [2.75, 3.05) is 0 Å². The Labute approximate surface area is 151 Å². The van der Waals surface area contributed by atoms with E-state index in [1.165, 1.54) is 0 Å². The Hall–Kier alpha value is -3.08. The maximum atomic E-state index is 12.8. The average Bonchev–Trinajstić information content (AvgIpc) is 3.04. The van der Waals surface area contributed by atoms with Gasteiger partial charge in [0.2, 0.25) is 11.8 Å². The number of primary amides is 1. The molecule has 1 unspecified atom stereocenters. The van der Waals surface area contributed by atoms with E-state index in [2.05, 4.69) is 4.98 Å². The maximum absolute atomic E-state index is 12.8. The molecule has 1 aliphatic heterocycles. The Morgan fingerprint density at radius 1 is 1.12 bits per heavy atom. The number of aromatic nitrogens is 1. The molecule has 0 radical (unpaired) electrons. The minimum Gasteiger partial charge on any atom is -0.368 e. The summed E-state index contributed by atoms with van der Waals surface area (Å²) in [6.45, 7) is 1.81. The molecule has 3 N–H and O–H groups in total. The van der Waals surface area contributed by atoms with E-state index in [9.17, 15) is 9.59 Å². The molecule has 1 aliphatic rings. The zero-order chi connectivity index (χ0) is 18.3. The van der Waals surface area contributed by atoms with Crippen LogP contribution < -0.4 is 5.73 Å². The third-order valence-corrected chi connectivity index (χ3v) is 5.17. The van der Waals surface area contributed by atoms with E-state index < -0.39 is 11.9 Å². The summed E-state index contributed by atoms with van der Waals surface area (Å²) in [4.78, 5) is 30.2. The molecular formula is C21H21N3O2. The quantitative estimate of drug-likeness (QED) is 0.764. The fraction of sp³-hybridized carbons (Fsp3) is 0.238. The zero-order valence-corrected chi connectivity index (χ0v) is 14.6. The summed E-state index contributed by atoms with van der Waals surface area (Å²) in [6, 6.07) is 16.8. The van der Waals surface area contributed by atoms with Crippen molar-refractivity contribution < 1.29 is 9.59 Å². The van der Waals surface area contributed by atoms with Crippen molar-refractivity contribution in [3.8, 4) is 0 Å². The van der Waals surface area contributed by atoms with Crippen LogP contribution in [0.2, 0.25) is 0 Å². The fourth-order valence-electron chi connectivity index (χ4n) is 3.99. The lowest BCUT2D eigenvalue weighted by atomic mass is 9.87. The Morgan fingerprint density at radius 3 is 2.50 bits per heavy atom. The van der Waals surface area contributed by atoms with Crippen molar-refractivity contribution in [1.82, 2.24) is 9.88 Å². The number of carbonyl (C=O) groups excluding carboxylic acids is 2. The number of para-hydroxylation sites is 1. The highest BCUT2D eigenvalue weighted by Crippen LogP contribution is 2.41. The summed E-state index contributed by atoms with van der Waals surface area (Å²) in [6.07, 6.45) is 0.756. The number of benzene rings is 2. The molecule has 3 aromatic rings. The lowest BCUT2D eigenvalue weighted by Gasteiger charge is -2.41. The first-order chi connectivity index (χ1) is 12.6. The van der Waals surface area contributed by atoms with E-state index in [0.29, 0.717) is 12.8 Å². The molecule has 0 spiro atoms. The lowest BCUT2D eigenvalue weighted by Crippen LogP contribution is -2.53. The number of nitrogens with two attached hydrogens (primary N) is 1. The number of carbonyl (C=O) groups is 2. The van der Waals surface area contributed by atoms with Gasteiger partial charge in [-0.3, -0.25) is 9.59 Å². The van der Waals surface area contributed by atoms with E-state index in [1.807, 2.05) is 61.5 Å². The van der Waals surface area contributed by atoms with Gasteiger partial charge in [-0.2, -0.15) is 0 Å². The summed E-state index contributed by atoms with van der Waals surface area (Å²) >= 11 is 0. The molecule has 2 aromatic carbocycles. The second-order valence-corrected chi connectivity index (χ2v) is 6.65. The first-order valence-electron chi connectivity index (χ1n) is 8.86. The molecule has 0 fully saturated rings.